The lowest BCUT2D eigenvalue weighted by Crippen LogP contribution is -2.33. The number of unbranched alkanes of at least 4 members (excludes halogenated alkanes) is 1. The van der Waals surface area contributed by atoms with Crippen LogP contribution in [0.5, 0.6) is 0 Å². The Hall–Kier alpha value is -0.650. The minimum absolute atomic E-state index is 0.0631. The average Bonchev–Trinajstić information content (AvgIpc) is 2.67. The normalized spacial score (nSPS) is 30.3. The molecule has 2 saturated heterocycles. The van der Waals surface area contributed by atoms with Crippen molar-refractivity contribution in [3.05, 3.63) is 34.9 Å². The Kier molecular flexibility index (Phi) is 7.56. The molecule has 2 aliphatic rings. The van der Waals surface area contributed by atoms with Gasteiger partial charge in [-0.2, -0.15) is 0 Å². The summed E-state index contributed by atoms with van der Waals surface area (Å²) in [6.45, 7) is 5.30. The van der Waals surface area contributed by atoms with Crippen LogP contribution in [0.1, 0.15) is 50.9 Å². The molecule has 3 rings (SSSR count). The van der Waals surface area contributed by atoms with Gasteiger partial charge >= 0.3 is 0 Å². The average molecular weight is 369 g/mol. The smallest absolute Gasteiger partial charge is 0.183 e. The van der Waals surface area contributed by atoms with Gasteiger partial charge in [-0.25, -0.2) is 0 Å². The second-order valence-electron chi connectivity index (χ2n) is 7.10. The third-order valence-electron chi connectivity index (χ3n) is 4.92. The zero-order valence-corrected chi connectivity index (χ0v) is 15.7. The molecule has 0 aromatic heterocycles. The van der Waals surface area contributed by atoms with Crippen LogP contribution in [0.2, 0.25) is 5.02 Å². The third kappa shape index (κ3) is 5.93. The Morgan fingerprint density at radius 1 is 0.840 bits per heavy atom. The highest BCUT2D eigenvalue weighted by molar-refractivity contribution is 6.30. The molecule has 0 amide bonds. The van der Waals surface area contributed by atoms with Crippen LogP contribution < -0.4 is 0 Å². The summed E-state index contributed by atoms with van der Waals surface area (Å²) in [5.74, 6) is 0.964. The molecule has 0 spiro atoms. The summed E-state index contributed by atoms with van der Waals surface area (Å²) < 4.78 is 23.5. The van der Waals surface area contributed by atoms with Gasteiger partial charge < -0.3 is 18.9 Å². The number of ether oxygens (including phenoxy) is 4. The Morgan fingerprint density at radius 3 is 2.08 bits per heavy atom. The summed E-state index contributed by atoms with van der Waals surface area (Å²) in [7, 11) is 0. The Bertz CT molecular complexity index is 491. The zero-order chi connectivity index (χ0) is 17.5. The summed E-state index contributed by atoms with van der Waals surface area (Å²) >= 11 is 5.92. The van der Waals surface area contributed by atoms with Crippen molar-refractivity contribution in [1.29, 1.82) is 0 Å². The third-order valence-corrected chi connectivity index (χ3v) is 5.17. The fourth-order valence-corrected chi connectivity index (χ4v) is 3.43. The highest BCUT2D eigenvalue weighted by atomic mass is 35.5. The molecular formula is C20H29ClO4. The second-order valence-corrected chi connectivity index (χ2v) is 7.53. The monoisotopic (exact) mass is 368 g/mol. The van der Waals surface area contributed by atoms with E-state index >= 15 is 0 Å². The molecule has 0 bridgehead atoms. The molecule has 0 saturated carbocycles. The summed E-state index contributed by atoms with van der Waals surface area (Å²) in [5, 5.41) is 0.724. The van der Waals surface area contributed by atoms with Crippen molar-refractivity contribution in [3.8, 4) is 0 Å². The van der Waals surface area contributed by atoms with Crippen molar-refractivity contribution < 1.29 is 18.9 Å². The van der Waals surface area contributed by atoms with E-state index in [1.54, 1.807) is 0 Å². The van der Waals surface area contributed by atoms with Gasteiger partial charge in [-0.1, -0.05) is 43.5 Å². The molecule has 1 aromatic carbocycles. The van der Waals surface area contributed by atoms with Crippen LogP contribution in [-0.2, 0) is 18.9 Å². The number of hydrogen-bond donors (Lipinski definition) is 0. The summed E-state index contributed by atoms with van der Waals surface area (Å²) in [5.41, 5.74) is 1.01. The van der Waals surface area contributed by atoms with Crippen molar-refractivity contribution in [3.63, 3.8) is 0 Å². The van der Waals surface area contributed by atoms with Crippen LogP contribution >= 0.6 is 11.6 Å². The second kappa shape index (κ2) is 9.89. The molecule has 2 fully saturated rings. The van der Waals surface area contributed by atoms with Crippen molar-refractivity contribution in [1.82, 2.24) is 0 Å². The lowest BCUT2D eigenvalue weighted by atomic mass is 10.0. The van der Waals surface area contributed by atoms with Crippen molar-refractivity contribution in [2.45, 2.75) is 51.6 Å². The molecule has 1 aromatic rings. The number of halogens is 1. The van der Waals surface area contributed by atoms with Gasteiger partial charge in [-0.05, 0) is 31.4 Å². The van der Waals surface area contributed by atoms with E-state index in [1.807, 2.05) is 24.3 Å². The fourth-order valence-electron chi connectivity index (χ4n) is 3.30. The van der Waals surface area contributed by atoms with Gasteiger partial charge in [0.15, 0.2) is 12.6 Å². The molecule has 5 heteroatoms. The standard InChI is InChI=1S/C20H29ClO4/c1-2-3-4-15-11-22-19(23-12-15)10-5-16-13-24-20(25-14-16)17-6-8-18(21)9-7-17/h6-9,15-16,19-20H,2-5,10-14H2,1H3. The van der Waals surface area contributed by atoms with Gasteiger partial charge in [0.25, 0.3) is 0 Å². The first-order chi connectivity index (χ1) is 12.2. The van der Waals surface area contributed by atoms with Gasteiger partial charge in [0, 0.05) is 22.4 Å². The predicted octanol–water partition coefficient (Wildman–Crippen LogP) is 4.96. The highest BCUT2D eigenvalue weighted by Crippen LogP contribution is 2.29. The van der Waals surface area contributed by atoms with Gasteiger partial charge in [0.1, 0.15) is 0 Å². The van der Waals surface area contributed by atoms with E-state index in [0.29, 0.717) is 25.0 Å². The van der Waals surface area contributed by atoms with E-state index in [1.165, 1.54) is 19.3 Å². The van der Waals surface area contributed by atoms with Crippen LogP contribution in [0.15, 0.2) is 24.3 Å². The topological polar surface area (TPSA) is 36.9 Å². The van der Waals surface area contributed by atoms with E-state index in [-0.39, 0.29) is 12.6 Å². The summed E-state index contributed by atoms with van der Waals surface area (Å²) in [4.78, 5) is 0. The molecule has 140 valence electrons. The predicted molar refractivity (Wildman–Crippen MR) is 97.5 cm³/mol. The molecule has 25 heavy (non-hydrogen) atoms. The van der Waals surface area contributed by atoms with Crippen LogP contribution in [0, 0.1) is 11.8 Å². The molecule has 2 aliphatic heterocycles. The maximum absolute atomic E-state index is 5.92. The highest BCUT2D eigenvalue weighted by Gasteiger charge is 2.26. The first kappa shape index (κ1) is 19.1. The van der Waals surface area contributed by atoms with Gasteiger partial charge in [-0.15, -0.1) is 0 Å². The lowest BCUT2D eigenvalue weighted by Gasteiger charge is -2.32. The van der Waals surface area contributed by atoms with Gasteiger partial charge in [0.05, 0.1) is 26.4 Å². The maximum atomic E-state index is 5.92. The molecule has 0 N–H and O–H groups in total. The van der Waals surface area contributed by atoms with E-state index in [4.69, 9.17) is 30.5 Å². The number of rotatable bonds is 7. The van der Waals surface area contributed by atoms with Crippen LogP contribution in [-0.4, -0.2) is 32.7 Å². The molecule has 0 unspecified atom stereocenters. The Morgan fingerprint density at radius 2 is 1.44 bits per heavy atom. The van der Waals surface area contributed by atoms with Crippen LogP contribution in [0.3, 0.4) is 0 Å². The van der Waals surface area contributed by atoms with Crippen molar-refractivity contribution >= 4 is 11.6 Å². The van der Waals surface area contributed by atoms with E-state index in [9.17, 15) is 0 Å². The number of hydrogen-bond acceptors (Lipinski definition) is 4. The molecule has 2 heterocycles. The minimum atomic E-state index is -0.282. The van der Waals surface area contributed by atoms with Crippen molar-refractivity contribution in [2.75, 3.05) is 26.4 Å². The molecule has 0 atom stereocenters. The van der Waals surface area contributed by atoms with E-state index in [0.717, 1.165) is 36.6 Å². The quantitative estimate of drug-likeness (QED) is 0.681. The SMILES string of the molecule is CCCCC1COC(CCC2COC(c3ccc(Cl)cc3)OC2)OC1. The molecule has 0 radical (unpaired) electrons. The number of benzene rings is 1. The van der Waals surface area contributed by atoms with Gasteiger partial charge in [0.2, 0.25) is 0 Å². The molecular weight excluding hydrogens is 340 g/mol. The largest absolute Gasteiger partial charge is 0.352 e. The summed E-state index contributed by atoms with van der Waals surface area (Å²) in [6, 6.07) is 7.63. The minimum Gasteiger partial charge on any atom is -0.352 e. The first-order valence-corrected chi connectivity index (χ1v) is 9.84. The van der Waals surface area contributed by atoms with E-state index < -0.39 is 0 Å². The van der Waals surface area contributed by atoms with E-state index in [2.05, 4.69) is 6.92 Å². The Labute approximate surface area is 155 Å². The molecule has 0 aliphatic carbocycles. The van der Waals surface area contributed by atoms with Crippen LogP contribution in [0.4, 0.5) is 0 Å². The summed E-state index contributed by atoms with van der Waals surface area (Å²) in [6.07, 6.45) is 5.26. The van der Waals surface area contributed by atoms with Crippen molar-refractivity contribution in [2.24, 2.45) is 11.8 Å². The zero-order valence-electron chi connectivity index (χ0n) is 15.0. The lowest BCUT2D eigenvalue weighted by molar-refractivity contribution is -0.220. The van der Waals surface area contributed by atoms with Crippen LogP contribution in [0.25, 0.3) is 0 Å². The Balaban J connectivity index is 1.32. The maximum Gasteiger partial charge on any atom is 0.183 e. The first-order valence-electron chi connectivity index (χ1n) is 9.46. The fraction of sp³-hybridized carbons (Fsp3) is 0.700. The van der Waals surface area contributed by atoms with Gasteiger partial charge in [-0.3, -0.25) is 0 Å². The molecule has 4 nitrogen and oxygen atoms in total.